The Kier molecular flexibility index (Phi) is 11.8. The molecule has 0 aliphatic carbocycles. The highest BCUT2D eigenvalue weighted by Crippen LogP contribution is 2.54. The van der Waals surface area contributed by atoms with Crippen molar-refractivity contribution in [1.82, 2.24) is 0 Å². The SMILES string of the molecule is Cc1cc(-c2ccccc2)ccc1N1c2cc(N(c3ccc(C(C)(C)C)cc3)c3ccc(C(C)(C)C)cc3)ccc2B2c3c(cc4sc5ccccc5c4c31)-c1ccc(-c3ccccc3)cc1N2c1ccc(-c2ccccc2)cc1. The number of hydrogen-bond donors (Lipinski definition) is 0. The van der Waals surface area contributed by atoms with E-state index in [1.165, 1.54) is 104 Å². The van der Waals surface area contributed by atoms with E-state index in [4.69, 9.17) is 0 Å². The van der Waals surface area contributed by atoms with E-state index < -0.39 is 0 Å². The molecule has 5 heteroatoms. The van der Waals surface area contributed by atoms with Crippen molar-refractivity contribution in [3.63, 3.8) is 0 Å². The van der Waals surface area contributed by atoms with Crippen LogP contribution in [0.4, 0.5) is 45.5 Å². The molecule has 14 rings (SSSR count). The average Bonchev–Trinajstić information content (AvgIpc) is 3.93. The Balaban J connectivity index is 1.09. The highest BCUT2D eigenvalue weighted by Gasteiger charge is 2.47. The van der Waals surface area contributed by atoms with E-state index in [1.807, 2.05) is 11.3 Å². The first-order chi connectivity index (χ1) is 38.9. The van der Waals surface area contributed by atoms with E-state index in [0.29, 0.717) is 0 Å². The second-order valence-corrected chi connectivity index (χ2v) is 24.9. The Morgan fingerprint density at radius 2 is 0.912 bits per heavy atom. The molecular formula is C75H62BN3S. The van der Waals surface area contributed by atoms with E-state index in [0.717, 1.165) is 34.1 Å². The van der Waals surface area contributed by atoms with E-state index in [-0.39, 0.29) is 17.7 Å². The fraction of sp³-hybridized carbons (Fsp3) is 0.120. The minimum atomic E-state index is -0.209. The molecule has 0 N–H and O–H groups in total. The lowest BCUT2D eigenvalue weighted by Gasteiger charge is -2.46. The molecule has 1 aromatic heterocycles. The van der Waals surface area contributed by atoms with Gasteiger partial charge < -0.3 is 14.6 Å². The lowest BCUT2D eigenvalue weighted by molar-refractivity contribution is 0.590. The fourth-order valence-corrected chi connectivity index (χ4v) is 13.7. The van der Waals surface area contributed by atoms with Crippen LogP contribution < -0.4 is 25.5 Å². The molecule has 2 aliphatic heterocycles. The van der Waals surface area contributed by atoms with Crippen LogP contribution in [-0.4, -0.2) is 6.85 Å². The van der Waals surface area contributed by atoms with Crippen molar-refractivity contribution in [2.45, 2.75) is 59.3 Å². The molecule has 0 bridgehead atoms. The first-order valence-electron chi connectivity index (χ1n) is 28.1. The number of thiophene rings is 1. The van der Waals surface area contributed by atoms with Crippen LogP contribution in [-0.2, 0) is 10.8 Å². The molecule has 0 atom stereocenters. The predicted molar refractivity (Wildman–Crippen MR) is 346 cm³/mol. The summed E-state index contributed by atoms with van der Waals surface area (Å²) in [6.45, 7) is 15.9. The molecule has 0 spiro atoms. The Labute approximate surface area is 475 Å². The van der Waals surface area contributed by atoms with Gasteiger partial charge in [0, 0.05) is 65.5 Å². The smallest absolute Gasteiger partial charge is 0.333 e. The molecule has 0 saturated heterocycles. The second kappa shape index (κ2) is 19.2. The van der Waals surface area contributed by atoms with Crippen LogP contribution in [0.15, 0.2) is 249 Å². The third-order valence-electron chi connectivity index (χ3n) is 16.7. The molecule has 0 amide bonds. The van der Waals surface area contributed by atoms with Crippen LogP contribution in [0, 0.1) is 6.92 Å². The van der Waals surface area contributed by atoms with Gasteiger partial charge in [0.05, 0.1) is 5.69 Å². The molecule has 0 saturated carbocycles. The fourth-order valence-electron chi connectivity index (χ4n) is 12.5. The quantitative estimate of drug-likeness (QED) is 0.140. The molecule has 0 fully saturated rings. The summed E-state index contributed by atoms with van der Waals surface area (Å²) in [7, 11) is 0. The summed E-state index contributed by atoms with van der Waals surface area (Å²) in [6.07, 6.45) is 0. The Bertz CT molecular complexity index is 4250. The number of nitrogens with zero attached hydrogens (tertiary/aromatic N) is 3. The molecular weight excluding hydrogens is 986 g/mol. The van der Waals surface area contributed by atoms with E-state index in [2.05, 4.69) is 312 Å². The highest BCUT2D eigenvalue weighted by atomic mass is 32.1. The lowest BCUT2D eigenvalue weighted by Crippen LogP contribution is -2.61. The largest absolute Gasteiger partial charge is 0.376 e. The van der Waals surface area contributed by atoms with E-state index in [1.54, 1.807) is 0 Å². The Hall–Kier alpha value is -8.90. The maximum Gasteiger partial charge on any atom is 0.333 e. The van der Waals surface area contributed by atoms with Gasteiger partial charge in [-0.15, -0.1) is 11.3 Å². The normalized spacial score (nSPS) is 12.9. The Morgan fingerprint density at radius 3 is 1.50 bits per heavy atom. The van der Waals surface area contributed by atoms with Crippen molar-refractivity contribution in [3.05, 3.63) is 265 Å². The number of anilines is 8. The summed E-state index contributed by atoms with van der Waals surface area (Å²) >= 11 is 1.90. The highest BCUT2D eigenvalue weighted by molar-refractivity contribution is 7.26. The van der Waals surface area contributed by atoms with Crippen molar-refractivity contribution in [2.24, 2.45) is 0 Å². The van der Waals surface area contributed by atoms with Crippen LogP contribution in [0.2, 0.25) is 0 Å². The lowest BCUT2D eigenvalue weighted by atomic mass is 9.43. The summed E-state index contributed by atoms with van der Waals surface area (Å²) in [5.41, 5.74) is 25.3. The number of aryl methyl sites for hydroxylation is 1. The molecule has 3 heterocycles. The second-order valence-electron chi connectivity index (χ2n) is 23.8. The van der Waals surface area contributed by atoms with Gasteiger partial charge in [-0.05, 0) is 163 Å². The first-order valence-corrected chi connectivity index (χ1v) is 28.9. The van der Waals surface area contributed by atoms with Crippen LogP contribution in [0.1, 0.15) is 58.2 Å². The van der Waals surface area contributed by atoms with Crippen molar-refractivity contribution in [1.29, 1.82) is 0 Å². The number of benzene rings is 11. The van der Waals surface area contributed by atoms with Crippen LogP contribution in [0.5, 0.6) is 0 Å². The van der Waals surface area contributed by atoms with Crippen LogP contribution in [0.3, 0.4) is 0 Å². The molecule has 12 aromatic rings. The molecule has 80 heavy (non-hydrogen) atoms. The van der Waals surface area contributed by atoms with Crippen molar-refractivity contribution in [3.8, 4) is 44.5 Å². The zero-order valence-electron chi connectivity index (χ0n) is 46.5. The standard InChI is InChI=1S/C75H62BN3S/c1-49-45-54(51-21-13-9-14-22-51)30-44-66(49)78-68-47-61(77(58-37-31-56(32-38-58)74(2,3)4)59-39-33-57(34-40-59)75(5,6)7)41-43-65(68)76-72-64(48-70-71(73(72)78)63-25-17-18-26-69(63)80-70)62-42-29-55(52-23-15-10-16-24-52)46-67(62)79(76)60-35-27-53(28-36-60)50-19-11-8-12-20-50/h8-48H,1-7H3. The van der Waals surface area contributed by atoms with Crippen LogP contribution >= 0.6 is 11.3 Å². The van der Waals surface area contributed by atoms with Crippen molar-refractivity contribution < 1.29 is 0 Å². The first kappa shape index (κ1) is 49.4. The maximum absolute atomic E-state index is 2.66. The third kappa shape index (κ3) is 8.42. The van der Waals surface area contributed by atoms with Gasteiger partial charge in [-0.2, -0.15) is 0 Å². The van der Waals surface area contributed by atoms with Crippen molar-refractivity contribution >= 4 is 94.8 Å². The summed E-state index contributed by atoms with van der Waals surface area (Å²) in [4.78, 5) is 7.79. The van der Waals surface area contributed by atoms with Gasteiger partial charge in [0.1, 0.15) is 0 Å². The Morgan fingerprint density at radius 1 is 0.400 bits per heavy atom. The minimum absolute atomic E-state index is 0.00951. The summed E-state index contributed by atoms with van der Waals surface area (Å²) in [5.74, 6) is 0. The number of fused-ring (bicyclic) bond motifs is 8. The van der Waals surface area contributed by atoms with Crippen LogP contribution in [0.25, 0.3) is 64.7 Å². The minimum Gasteiger partial charge on any atom is -0.376 e. The number of rotatable bonds is 8. The topological polar surface area (TPSA) is 9.72 Å². The predicted octanol–water partition coefficient (Wildman–Crippen LogP) is 20.1. The molecule has 386 valence electrons. The maximum atomic E-state index is 2.66. The zero-order valence-corrected chi connectivity index (χ0v) is 47.3. The van der Waals surface area contributed by atoms with Gasteiger partial charge >= 0.3 is 6.85 Å². The van der Waals surface area contributed by atoms with Gasteiger partial charge in [0.25, 0.3) is 0 Å². The monoisotopic (exact) mass is 1050 g/mol. The summed E-state index contributed by atoms with van der Waals surface area (Å²) in [6, 6.07) is 93.4. The zero-order chi connectivity index (χ0) is 54.4. The van der Waals surface area contributed by atoms with E-state index in [9.17, 15) is 0 Å². The van der Waals surface area contributed by atoms with Gasteiger partial charge in [-0.1, -0.05) is 211 Å². The summed E-state index contributed by atoms with van der Waals surface area (Å²) in [5, 5.41) is 2.56. The molecule has 3 nitrogen and oxygen atoms in total. The number of hydrogen-bond acceptors (Lipinski definition) is 4. The molecule has 0 unspecified atom stereocenters. The average molecular weight is 1050 g/mol. The van der Waals surface area contributed by atoms with Gasteiger partial charge in [0.2, 0.25) is 0 Å². The van der Waals surface area contributed by atoms with Gasteiger partial charge in [-0.25, -0.2) is 0 Å². The van der Waals surface area contributed by atoms with Gasteiger partial charge in [0.15, 0.2) is 0 Å². The third-order valence-corrected chi connectivity index (χ3v) is 17.8. The summed E-state index contributed by atoms with van der Waals surface area (Å²) < 4.78 is 2.56. The van der Waals surface area contributed by atoms with E-state index >= 15 is 0 Å². The van der Waals surface area contributed by atoms with Crippen molar-refractivity contribution in [2.75, 3.05) is 14.6 Å². The van der Waals surface area contributed by atoms with Gasteiger partial charge in [-0.3, -0.25) is 0 Å². The molecule has 11 aromatic carbocycles. The molecule has 2 aliphatic rings. The molecule has 0 radical (unpaired) electrons.